The second-order valence-electron chi connectivity index (χ2n) is 3.95. The summed E-state index contributed by atoms with van der Waals surface area (Å²) in [6, 6.07) is 1.26. The van der Waals surface area contributed by atoms with Crippen molar-refractivity contribution in [3.8, 4) is 0 Å². The molecule has 1 aromatic rings. The lowest BCUT2D eigenvalue weighted by Crippen LogP contribution is -2.06. The first-order valence-electron chi connectivity index (χ1n) is 5.14. The topological polar surface area (TPSA) is 24.9 Å². The van der Waals surface area contributed by atoms with Gasteiger partial charge in [-0.1, -0.05) is 25.4 Å². The molecular formula is C11H16ClFN2. The predicted octanol–water partition coefficient (Wildman–Crippen LogP) is 3.72. The average molecular weight is 231 g/mol. The molecule has 0 aliphatic rings. The van der Waals surface area contributed by atoms with Gasteiger partial charge in [-0.3, -0.25) is 0 Å². The van der Waals surface area contributed by atoms with Crippen molar-refractivity contribution in [3.63, 3.8) is 0 Å². The highest BCUT2D eigenvalue weighted by Gasteiger charge is 2.03. The number of aromatic nitrogens is 1. The number of hydrogen-bond donors (Lipinski definition) is 1. The SMILES string of the molecule is CC(C)CCCNc1ncc(Cl)cc1F. The molecule has 0 aliphatic heterocycles. The van der Waals surface area contributed by atoms with E-state index in [1.165, 1.54) is 12.3 Å². The Morgan fingerprint density at radius 1 is 1.53 bits per heavy atom. The first kappa shape index (κ1) is 12.2. The van der Waals surface area contributed by atoms with Crippen LogP contribution < -0.4 is 5.32 Å². The zero-order valence-electron chi connectivity index (χ0n) is 9.06. The Morgan fingerprint density at radius 3 is 2.87 bits per heavy atom. The summed E-state index contributed by atoms with van der Waals surface area (Å²) < 4.78 is 13.2. The van der Waals surface area contributed by atoms with Gasteiger partial charge in [-0.05, 0) is 24.8 Å². The Balaban J connectivity index is 2.37. The number of halogens is 2. The van der Waals surface area contributed by atoms with Crippen LogP contribution in [-0.4, -0.2) is 11.5 Å². The van der Waals surface area contributed by atoms with E-state index >= 15 is 0 Å². The van der Waals surface area contributed by atoms with Crippen molar-refractivity contribution in [1.82, 2.24) is 4.98 Å². The van der Waals surface area contributed by atoms with Crippen LogP contribution in [0, 0.1) is 11.7 Å². The lowest BCUT2D eigenvalue weighted by molar-refractivity contribution is 0.564. The molecule has 0 aromatic carbocycles. The van der Waals surface area contributed by atoms with Crippen molar-refractivity contribution in [2.45, 2.75) is 26.7 Å². The van der Waals surface area contributed by atoms with Crippen LogP contribution in [0.5, 0.6) is 0 Å². The van der Waals surface area contributed by atoms with Gasteiger partial charge >= 0.3 is 0 Å². The number of rotatable bonds is 5. The quantitative estimate of drug-likeness (QED) is 0.780. The van der Waals surface area contributed by atoms with Gasteiger partial charge < -0.3 is 5.32 Å². The number of nitrogens with zero attached hydrogens (tertiary/aromatic N) is 1. The number of pyridine rings is 1. The van der Waals surface area contributed by atoms with Gasteiger partial charge in [0, 0.05) is 12.7 Å². The Hall–Kier alpha value is -0.830. The van der Waals surface area contributed by atoms with Crippen molar-refractivity contribution in [3.05, 3.63) is 23.1 Å². The van der Waals surface area contributed by atoms with E-state index in [9.17, 15) is 4.39 Å². The third-order valence-electron chi connectivity index (χ3n) is 2.06. The molecule has 4 heteroatoms. The van der Waals surface area contributed by atoms with Crippen LogP contribution >= 0.6 is 11.6 Å². The van der Waals surface area contributed by atoms with Crippen LogP contribution in [0.4, 0.5) is 10.2 Å². The maximum atomic E-state index is 13.2. The van der Waals surface area contributed by atoms with Gasteiger partial charge in [0.15, 0.2) is 11.6 Å². The zero-order valence-corrected chi connectivity index (χ0v) is 9.81. The monoisotopic (exact) mass is 230 g/mol. The Kier molecular flexibility index (Phi) is 4.82. The Bertz CT molecular complexity index is 315. The first-order chi connectivity index (χ1) is 7.09. The average Bonchev–Trinajstić information content (AvgIpc) is 2.14. The molecule has 15 heavy (non-hydrogen) atoms. The first-order valence-corrected chi connectivity index (χ1v) is 5.52. The summed E-state index contributed by atoms with van der Waals surface area (Å²) in [6.07, 6.45) is 3.58. The lowest BCUT2D eigenvalue weighted by atomic mass is 10.1. The van der Waals surface area contributed by atoms with E-state index in [4.69, 9.17) is 11.6 Å². The molecule has 0 amide bonds. The minimum Gasteiger partial charge on any atom is -0.368 e. The van der Waals surface area contributed by atoms with Crippen LogP contribution in [0.1, 0.15) is 26.7 Å². The third-order valence-corrected chi connectivity index (χ3v) is 2.27. The molecule has 0 saturated heterocycles. The van der Waals surface area contributed by atoms with Gasteiger partial charge in [-0.25, -0.2) is 9.37 Å². The van der Waals surface area contributed by atoms with Crippen LogP contribution in [0.2, 0.25) is 5.02 Å². The molecule has 1 rings (SSSR count). The Labute approximate surface area is 94.9 Å². The maximum Gasteiger partial charge on any atom is 0.166 e. The molecule has 0 spiro atoms. The summed E-state index contributed by atoms with van der Waals surface area (Å²) >= 11 is 5.59. The number of nitrogens with one attached hydrogen (secondary N) is 1. The fraction of sp³-hybridized carbons (Fsp3) is 0.545. The van der Waals surface area contributed by atoms with E-state index in [1.807, 2.05) is 0 Å². The van der Waals surface area contributed by atoms with Gasteiger partial charge in [0.25, 0.3) is 0 Å². The van der Waals surface area contributed by atoms with Gasteiger partial charge in [0.05, 0.1) is 5.02 Å². The standard InChI is InChI=1S/C11H16ClFN2/c1-8(2)4-3-5-14-11-10(13)6-9(12)7-15-11/h6-8H,3-5H2,1-2H3,(H,14,15). The van der Waals surface area contributed by atoms with E-state index in [0.29, 0.717) is 10.9 Å². The van der Waals surface area contributed by atoms with Crippen LogP contribution in [0.15, 0.2) is 12.3 Å². The molecule has 0 saturated carbocycles. The molecule has 84 valence electrons. The van der Waals surface area contributed by atoms with Crippen molar-refractivity contribution in [2.75, 3.05) is 11.9 Å². The fourth-order valence-electron chi connectivity index (χ4n) is 1.26. The lowest BCUT2D eigenvalue weighted by Gasteiger charge is -2.07. The molecule has 1 heterocycles. The normalized spacial score (nSPS) is 10.7. The number of anilines is 1. The van der Waals surface area contributed by atoms with E-state index < -0.39 is 5.82 Å². The van der Waals surface area contributed by atoms with E-state index in [2.05, 4.69) is 24.1 Å². The number of hydrogen-bond acceptors (Lipinski definition) is 2. The van der Waals surface area contributed by atoms with Gasteiger partial charge in [0.2, 0.25) is 0 Å². The minimum atomic E-state index is -0.396. The Morgan fingerprint density at radius 2 is 2.27 bits per heavy atom. The van der Waals surface area contributed by atoms with Gasteiger partial charge in [-0.2, -0.15) is 0 Å². The van der Waals surface area contributed by atoms with Crippen molar-refractivity contribution in [1.29, 1.82) is 0 Å². The van der Waals surface area contributed by atoms with Gasteiger partial charge in [0.1, 0.15) is 0 Å². The van der Waals surface area contributed by atoms with Crippen molar-refractivity contribution < 1.29 is 4.39 Å². The molecule has 1 aromatic heterocycles. The van der Waals surface area contributed by atoms with Gasteiger partial charge in [-0.15, -0.1) is 0 Å². The van der Waals surface area contributed by atoms with E-state index in [0.717, 1.165) is 19.4 Å². The third kappa shape index (κ3) is 4.47. The smallest absolute Gasteiger partial charge is 0.166 e. The summed E-state index contributed by atoms with van der Waals surface area (Å²) in [5, 5.41) is 3.27. The van der Waals surface area contributed by atoms with E-state index in [1.54, 1.807) is 0 Å². The zero-order chi connectivity index (χ0) is 11.3. The van der Waals surface area contributed by atoms with E-state index in [-0.39, 0.29) is 5.82 Å². The maximum absolute atomic E-state index is 13.2. The summed E-state index contributed by atoms with van der Waals surface area (Å²) in [4.78, 5) is 3.88. The summed E-state index contributed by atoms with van der Waals surface area (Å²) in [5.74, 6) is 0.560. The van der Waals surface area contributed by atoms with Crippen molar-refractivity contribution >= 4 is 17.4 Å². The van der Waals surface area contributed by atoms with Crippen LogP contribution in [0.25, 0.3) is 0 Å². The second-order valence-corrected chi connectivity index (χ2v) is 4.38. The second kappa shape index (κ2) is 5.91. The summed E-state index contributed by atoms with van der Waals surface area (Å²) in [7, 11) is 0. The summed E-state index contributed by atoms with van der Waals surface area (Å²) in [5.41, 5.74) is 0. The molecular weight excluding hydrogens is 215 g/mol. The summed E-state index contributed by atoms with van der Waals surface area (Å²) in [6.45, 7) is 5.08. The van der Waals surface area contributed by atoms with Crippen LogP contribution in [-0.2, 0) is 0 Å². The minimum absolute atomic E-state index is 0.281. The molecule has 0 atom stereocenters. The predicted molar refractivity (Wildman–Crippen MR) is 61.8 cm³/mol. The highest BCUT2D eigenvalue weighted by atomic mass is 35.5. The van der Waals surface area contributed by atoms with Crippen LogP contribution in [0.3, 0.4) is 0 Å². The molecule has 2 nitrogen and oxygen atoms in total. The fourth-order valence-corrected chi connectivity index (χ4v) is 1.41. The largest absolute Gasteiger partial charge is 0.368 e. The molecule has 1 N–H and O–H groups in total. The highest BCUT2D eigenvalue weighted by Crippen LogP contribution is 2.15. The molecule has 0 unspecified atom stereocenters. The molecule has 0 fully saturated rings. The highest BCUT2D eigenvalue weighted by molar-refractivity contribution is 6.30. The van der Waals surface area contributed by atoms with Crippen molar-refractivity contribution in [2.24, 2.45) is 5.92 Å². The molecule has 0 bridgehead atoms. The molecule has 0 aliphatic carbocycles. The molecule has 0 radical (unpaired) electrons.